The van der Waals surface area contributed by atoms with E-state index in [1.165, 1.54) is 16.7 Å². The highest BCUT2D eigenvalue weighted by molar-refractivity contribution is 7.89. The molecule has 2 rings (SSSR count). The lowest BCUT2D eigenvalue weighted by Gasteiger charge is -2.40. The summed E-state index contributed by atoms with van der Waals surface area (Å²) >= 11 is 0. The highest BCUT2D eigenvalue weighted by Crippen LogP contribution is 2.26. The Kier molecular flexibility index (Phi) is 4.19. The standard InChI is InChI=1S/C12H22N4O3S/c1-10-7-16(9-12(2,3)19-10)20(17,18)11-6-14-15(8-11)5-4-13/h6,8,10H,4-5,7,9,13H2,1-3H3. The summed E-state index contributed by atoms with van der Waals surface area (Å²) in [5.41, 5.74) is 4.95. The van der Waals surface area contributed by atoms with Crippen LogP contribution in [0.25, 0.3) is 0 Å². The zero-order chi connectivity index (χ0) is 15.0. The van der Waals surface area contributed by atoms with Crippen molar-refractivity contribution in [2.75, 3.05) is 19.6 Å². The lowest BCUT2D eigenvalue weighted by Crippen LogP contribution is -2.53. The van der Waals surface area contributed by atoms with Gasteiger partial charge in [0.25, 0.3) is 0 Å². The summed E-state index contributed by atoms with van der Waals surface area (Å²) in [6, 6.07) is 0. The Morgan fingerprint density at radius 2 is 2.25 bits per heavy atom. The molecule has 1 unspecified atom stereocenters. The van der Waals surface area contributed by atoms with Crippen molar-refractivity contribution < 1.29 is 13.2 Å². The molecule has 1 aromatic heterocycles. The number of morpholine rings is 1. The normalized spacial score (nSPS) is 23.9. The van der Waals surface area contributed by atoms with Crippen molar-refractivity contribution >= 4 is 10.0 Å². The predicted molar refractivity (Wildman–Crippen MR) is 74.7 cm³/mol. The van der Waals surface area contributed by atoms with Crippen molar-refractivity contribution in [3.63, 3.8) is 0 Å². The molecule has 0 spiro atoms. The number of nitrogens with zero attached hydrogens (tertiary/aromatic N) is 3. The van der Waals surface area contributed by atoms with E-state index in [9.17, 15) is 8.42 Å². The Balaban J connectivity index is 2.24. The monoisotopic (exact) mass is 302 g/mol. The van der Waals surface area contributed by atoms with Crippen LogP contribution in [0.3, 0.4) is 0 Å². The van der Waals surface area contributed by atoms with E-state index in [0.717, 1.165) is 0 Å². The van der Waals surface area contributed by atoms with Crippen LogP contribution in [0.2, 0.25) is 0 Å². The van der Waals surface area contributed by atoms with Crippen molar-refractivity contribution in [2.24, 2.45) is 5.73 Å². The lowest BCUT2D eigenvalue weighted by molar-refractivity contribution is -0.109. The first-order valence-electron chi connectivity index (χ1n) is 6.65. The Hall–Kier alpha value is -0.960. The fourth-order valence-electron chi connectivity index (χ4n) is 2.46. The predicted octanol–water partition coefficient (Wildman–Crippen LogP) is 0.0298. The lowest BCUT2D eigenvalue weighted by atomic mass is 10.1. The summed E-state index contributed by atoms with van der Waals surface area (Å²) in [4.78, 5) is 0.204. The highest BCUT2D eigenvalue weighted by Gasteiger charge is 2.38. The van der Waals surface area contributed by atoms with Gasteiger partial charge in [0.2, 0.25) is 10.0 Å². The van der Waals surface area contributed by atoms with E-state index >= 15 is 0 Å². The Morgan fingerprint density at radius 3 is 2.85 bits per heavy atom. The fourth-order valence-corrected chi connectivity index (χ4v) is 4.08. The van der Waals surface area contributed by atoms with Gasteiger partial charge in [0, 0.05) is 25.8 Å². The molecule has 0 aliphatic carbocycles. The molecule has 1 fully saturated rings. The third-order valence-corrected chi connectivity index (χ3v) is 4.91. The van der Waals surface area contributed by atoms with Crippen LogP contribution < -0.4 is 5.73 Å². The molecular weight excluding hydrogens is 280 g/mol. The maximum Gasteiger partial charge on any atom is 0.246 e. The molecule has 1 aliphatic rings. The summed E-state index contributed by atoms with van der Waals surface area (Å²) in [5.74, 6) is 0. The van der Waals surface area contributed by atoms with Gasteiger partial charge in [-0.2, -0.15) is 9.40 Å². The first-order chi connectivity index (χ1) is 9.24. The molecular formula is C12H22N4O3S. The van der Waals surface area contributed by atoms with E-state index in [1.807, 2.05) is 20.8 Å². The largest absolute Gasteiger partial charge is 0.370 e. The molecule has 0 amide bonds. The average Bonchev–Trinajstić information content (AvgIpc) is 2.76. The molecule has 20 heavy (non-hydrogen) atoms. The number of rotatable bonds is 4. The first-order valence-corrected chi connectivity index (χ1v) is 8.09. The van der Waals surface area contributed by atoms with Crippen molar-refractivity contribution in [2.45, 2.75) is 43.9 Å². The topological polar surface area (TPSA) is 90.5 Å². The quantitative estimate of drug-likeness (QED) is 0.847. The first kappa shape index (κ1) is 15.4. The molecule has 1 aromatic rings. The second-order valence-electron chi connectivity index (χ2n) is 5.71. The number of ether oxygens (including phenoxy) is 1. The van der Waals surface area contributed by atoms with Crippen LogP contribution >= 0.6 is 0 Å². The van der Waals surface area contributed by atoms with Crippen molar-refractivity contribution in [1.82, 2.24) is 14.1 Å². The van der Waals surface area contributed by atoms with Gasteiger partial charge < -0.3 is 10.5 Å². The van der Waals surface area contributed by atoms with Crippen LogP contribution in [0, 0.1) is 0 Å². The van der Waals surface area contributed by atoms with Crippen LogP contribution in [-0.4, -0.2) is 53.8 Å². The van der Waals surface area contributed by atoms with E-state index in [0.29, 0.717) is 26.2 Å². The molecule has 1 aliphatic heterocycles. The molecule has 8 heteroatoms. The number of aromatic nitrogens is 2. The van der Waals surface area contributed by atoms with E-state index < -0.39 is 15.6 Å². The zero-order valence-electron chi connectivity index (χ0n) is 12.1. The fraction of sp³-hybridized carbons (Fsp3) is 0.750. The number of hydrogen-bond donors (Lipinski definition) is 1. The van der Waals surface area contributed by atoms with Crippen LogP contribution in [0.5, 0.6) is 0 Å². The minimum Gasteiger partial charge on any atom is -0.370 e. The number of sulfonamides is 1. The van der Waals surface area contributed by atoms with Crippen LogP contribution in [-0.2, 0) is 21.3 Å². The smallest absolute Gasteiger partial charge is 0.246 e. The average molecular weight is 302 g/mol. The molecule has 1 saturated heterocycles. The maximum absolute atomic E-state index is 12.6. The van der Waals surface area contributed by atoms with Gasteiger partial charge in [-0.25, -0.2) is 8.42 Å². The van der Waals surface area contributed by atoms with Crippen molar-refractivity contribution in [1.29, 1.82) is 0 Å². The molecule has 0 radical (unpaired) electrons. The van der Waals surface area contributed by atoms with Crippen molar-refractivity contribution in [3.05, 3.63) is 12.4 Å². The molecule has 1 atom stereocenters. The van der Waals surface area contributed by atoms with Gasteiger partial charge in [-0.3, -0.25) is 4.68 Å². The molecule has 114 valence electrons. The third-order valence-electron chi connectivity index (χ3n) is 3.14. The maximum atomic E-state index is 12.6. The molecule has 7 nitrogen and oxygen atoms in total. The van der Waals surface area contributed by atoms with Gasteiger partial charge in [-0.05, 0) is 20.8 Å². The molecule has 0 aromatic carbocycles. The third kappa shape index (κ3) is 3.20. The molecule has 0 saturated carbocycles. The second kappa shape index (κ2) is 5.44. The van der Waals surface area contributed by atoms with Crippen molar-refractivity contribution in [3.8, 4) is 0 Å². The van der Waals surface area contributed by atoms with E-state index in [2.05, 4.69) is 5.10 Å². The summed E-state index contributed by atoms with van der Waals surface area (Å²) < 4.78 is 34.0. The SMILES string of the molecule is CC1CN(S(=O)(=O)c2cnn(CCN)c2)CC(C)(C)O1. The van der Waals surface area contributed by atoms with E-state index in [-0.39, 0.29) is 11.0 Å². The van der Waals surface area contributed by atoms with Gasteiger partial charge in [0.05, 0.1) is 24.4 Å². The van der Waals surface area contributed by atoms with Crippen LogP contribution in [0.1, 0.15) is 20.8 Å². The second-order valence-corrected chi connectivity index (χ2v) is 7.65. The summed E-state index contributed by atoms with van der Waals surface area (Å²) in [6.07, 6.45) is 2.76. The van der Waals surface area contributed by atoms with Gasteiger partial charge in [-0.15, -0.1) is 0 Å². The van der Waals surface area contributed by atoms with E-state index in [4.69, 9.17) is 10.5 Å². The molecule has 2 N–H and O–H groups in total. The summed E-state index contributed by atoms with van der Waals surface area (Å²) in [5, 5.41) is 4.02. The Morgan fingerprint density at radius 1 is 1.55 bits per heavy atom. The van der Waals surface area contributed by atoms with E-state index in [1.54, 1.807) is 4.68 Å². The Bertz CT molecular complexity index is 567. The summed E-state index contributed by atoms with van der Waals surface area (Å²) in [7, 11) is -3.53. The highest BCUT2D eigenvalue weighted by atomic mass is 32.2. The van der Waals surface area contributed by atoms with Gasteiger partial charge in [0.15, 0.2) is 0 Å². The van der Waals surface area contributed by atoms with Gasteiger partial charge in [0.1, 0.15) is 4.90 Å². The van der Waals surface area contributed by atoms with Crippen LogP contribution in [0.4, 0.5) is 0 Å². The molecule has 2 heterocycles. The Labute approximate surface area is 119 Å². The number of hydrogen-bond acceptors (Lipinski definition) is 5. The number of nitrogens with two attached hydrogens (primary N) is 1. The van der Waals surface area contributed by atoms with Crippen LogP contribution in [0.15, 0.2) is 17.3 Å². The minimum atomic E-state index is -3.53. The minimum absolute atomic E-state index is 0.132. The van der Waals surface area contributed by atoms with Gasteiger partial charge in [-0.1, -0.05) is 0 Å². The zero-order valence-corrected chi connectivity index (χ0v) is 12.9. The molecule has 0 bridgehead atoms. The van der Waals surface area contributed by atoms with Gasteiger partial charge >= 0.3 is 0 Å². The summed E-state index contributed by atoms with van der Waals surface area (Å²) in [6.45, 7) is 7.27.